The highest BCUT2D eigenvalue weighted by Gasteiger charge is 2.01. The molecule has 6 heteroatoms. The summed E-state index contributed by atoms with van der Waals surface area (Å²) in [6, 6.07) is 0. The molecule has 0 amide bonds. The molecule has 0 aromatic carbocycles. The summed E-state index contributed by atoms with van der Waals surface area (Å²) in [4.78, 5) is 8.54. The topological polar surface area (TPSA) is 55.6 Å². The van der Waals surface area contributed by atoms with Crippen LogP contribution in [0.1, 0.15) is 18.9 Å². The maximum atomic E-state index is 4.27. The summed E-state index contributed by atoms with van der Waals surface area (Å²) in [6.07, 6.45) is 8.30. The molecule has 0 aliphatic carbocycles. The molecule has 0 bridgehead atoms. The lowest BCUT2D eigenvalue weighted by Gasteiger charge is -2.03. The molecule has 90 valence electrons. The molecule has 0 atom stereocenters. The van der Waals surface area contributed by atoms with Crippen LogP contribution in [0.5, 0.6) is 0 Å². The third-order valence-electron chi connectivity index (χ3n) is 2.20. The van der Waals surface area contributed by atoms with Gasteiger partial charge in [0.15, 0.2) is 0 Å². The van der Waals surface area contributed by atoms with Crippen molar-refractivity contribution in [1.29, 1.82) is 0 Å². The van der Waals surface area contributed by atoms with Crippen LogP contribution >= 0.6 is 15.9 Å². The van der Waals surface area contributed by atoms with Gasteiger partial charge >= 0.3 is 0 Å². The highest BCUT2D eigenvalue weighted by Crippen LogP contribution is 2.09. The largest absolute Gasteiger partial charge is 0.313 e. The van der Waals surface area contributed by atoms with Crippen molar-refractivity contribution < 1.29 is 0 Å². The number of aromatic nitrogens is 4. The molecular weight excluding hydrogens is 282 g/mol. The molecule has 2 heterocycles. The standard InChI is InChI=1S/C11H14BrN5/c1-2-3-13-4-9-5-14-11(15-6-9)17-8-10(12)7-16-17/h5-8,13H,2-4H2,1H3. The third kappa shape index (κ3) is 3.34. The zero-order chi connectivity index (χ0) is 12.1. The first-order valence-electron chi connectivity index (χ1n) is 5.52. The summed E-state index contributed by atoms with van der Waals surface area (Å²) in [5.74, 6) is 0.579. The van der Waals surface area contributed by atoms with E-state index in [4.69, 9.17) is 0 Å². The van der Waals surface area contributed by atoms with Crippen LogP contribution in [-0.4, -0.2) is 26.3 Å². The van der Waals surface area contributed by atoms with Crippen molar-refractivity contribution in [2.75, 3.05) is 6.54 Å². The number of nitrogens with one attached hydrogen (secondary N) is 1. The van der Waals surface area contributed by atoms with Gasteiger partial charge in [-0.15, -0.1) is 0 Å². The van der Waals surface area contributed by atoms with Crippen LogP contribution in [0.2, 0.25) is 0 Å². The van der Waals surface area contributed by atoms with E-state index in [1.807, 2.05) is 18.6 Å². The molecule has 0 fully saturated rings. The highest BCUT2D eigenvalue weighted by atomic mass is 79.9. The minimum Gasteiger partial charge on any atom is -0.313 e. The summed E-state index contributed by atoms with van der Waals surface area (Å²) in [5, 5.41) is 7.43. The molecule has 0 radical (unpaired) electrons. The molecule has 2 rings (SSSR count). The summed E-state index contributed by atoms with van der Waals surface area (Å²) >= 11 is 3.34. The van der Waals surface area contributed by atoms with Gasteiger partial charge in [0.05, 0.1) is 10.7 Å². The first-order valence-corrected chi connectivity index (χ1v) is 6.31. The zero-order valence-corrected chi connectivity index (χ0v) is 11.2. The van der Waals surface area contributed by atoms with Gasteiger partial charge in [0.25, 0.3) is 0 Å². The van der Waals surface area contributed by atoms with Crippen LogP contribution in [0.4, 0.5) is 0 Å². The van der Waals surface area contributed by atoms with E-state index in [9.17, 15) is 0 Å². The molecular formula is C11H14BrN5. The van der Waals surface area contributed by atoms with Crippen LogP contribution in [0, 0.1) is 0 Å². The van der Waals surface area contributed by atoms with Gasteiger partial charge in [0, 0.05) is 30.7 Å². The molecule has 2 aromatic heterocycles. The van der Waals surface area contributed by atoms with Crippen LogP contribution in [-0.2, 0) is 6.54 Å². The van der Waals surface area contributed by atoms with E-state index >= 15 is 0 Å². The Hall–Kier alpha value is -1.27. The van der Waals surface area contributed by atoms with Crippen molar-refractivity contribution in [1.82, 2.24) is 25.1 Å². The smallest absolute Gasteiger partial charge is 0.250 e. The number of rotatable bonds is 5. The van der Waals surface area contributed by atoms with Crippen molar-refractivity contribution in [3.63, 3.8) is 0 Å². The molecule has 0 saturated heterocycles. The maximum Gasteiger partial charge on any atom is 0.250 e. The minimum absolute atomic E-state index is 0.579. The summed E-state index contributed by atoms with van der Waals surface area (Å²) in [6.45, 7) is 3.95. The minimum atomic E-state index is 0.579. The molecule has 0 spiro atoms. The summed E-state index contributed by atoms with van der Waals surface area (Å²) in [7, 11) is 0. The Kier molecular flexibility index (Phi) is 4.22. The Morgan fingerprint density at radius 1 is 1.29 bits per heavy atom. The average Bonchev–Trinajstić information content (AvgIpc) is 2.77. The van der Waals surface area contributed by atoms with Crippen molar-refractivity contribution in [3.8, 4) is 5.95 Å². The Morgan fingerprint density at radius 2 is 2.06 bits per heavy atom. The van der Waals surface area contributed by atoms with E-state index in [1.165, 1.54) is 0 Å². The van der Waals surface area contributed by atoms with E-state index in [0.29, 0.717) is 5.95 Å². The van der Waals surface area contributed by atoms with Gasteiger partial charge in [0.2, 0.25) is 5.95 Å². The maximum absolute atomic E-state index is 4.27. The number of nitrogens with zero attached hydrogens (tertiary/aromatic N) is 4. The molecule has 17 heavy (non-hydrogen) atoms. The Bertz CT molecular complexity index is 465. The van der Waals surface area contributed by atoms with E-state index in [1.54, 1.807) is 10.9 Å². The van der Waals surface area contributed by atoms with Crippen molar-refractivity contribution >= 4 is 15.9 Å². The predicted octanol–water partition coefficient (Wildman–Crippen LogP) is 1.92. The fourth-order valence-corrected chi connectivity index (χ4v) is 1.66. The number of hydrogen-bond donors (Lipinski definition) is 1. The van der Waals surface area contributed by atoms with Gasteiger partial charge in [-0.3, -0.25) is 0 Å². The third-order valence-corrected chi connectivity index (χ3v) is 2.61. The van der Waals surface area contributed by atoms with Crippen LogP contribution in [0.3, 0.4) is 0 Å². The molecule has 0 saturated carbocycles. The average molecular weight is 296 g/mol. The quantitative estimate of drug-likeness (QED) is 0.857. The highest BCUT2D eigenvalue weighted by molar-refractivity contribution is 9.10. The Balaban J connectivity index is 2.02. The van der Waals surface area contributed by atoms with Gasteiger partial charge in [-0.25, -0.2) is 14.6 Å². The van der Waals surface area contributed by atoms with E-state index in [-0.39, 0.29) is 0 Å². The SMILES string of the molecule is CCCNCc1cnc(-n2cc(Br)cn2)nc1. The van der Waals surface area contributed by atoms with Gasteiger partial charge in [-0.2, -0.15) is 5.10 Å². The van der Waals surface area contributed by atoms with Crippen LogP contribution in [0.25, 0.3) is 5.95 Å². The molecule has 1 N–H and O–H groups in total. The molecule has 5 nitrogen and oxygen atoms in total. The normalized spacial score (nSPS) is 10.7. The first-order chi connectivity index (χ1) is 8.29. The van der Waals surface area contributed by atoms with E-state index in [2.05, 4.69) is 43.2 Å². The van der Waals surface area contributed by atoms with Gasteiger partial charge in [0.1, 0.15) is 0 Å². The fraction of sp³-hybridized carbons (Fsp3) is 0.364. The molecule has 0 unspecified atom stereocenters. The molecule has 0 aliphatic rings. The Morgan fingerprint density at radius 3 is 2.65 bits per heavy atom. The van der Waals surface area contributed by atoms with E-state index < -0.39 is 0 Å². The molecule has 2 aromatic rings. The zero-order valence-electron chi connectivity index (χ0n) is 9.60. The second kappa shape index (κ2) is 5.88. The second-order valence-corrected chi connectivity index (χ2v) is 4.59. The lowest BCUT2D eigenvalue weighted by molar-refractivity contribution is 0.669. The second-order valence-electron chi connectivity index (χ2n) is 3.67. The molecule has 0 aliphatic heterocycles. The van der Waals surface area contributed by atoms with Crippen molar-refractivity contribution in [2.45, 2.75) is 19.9 Å². The lowest BCUT2D eigenvalue weighted by Crippen LogP contribution is -2.14. The fourth-order valence-electron chi connectivity index (χ4n) is 1.38. The Labute approximate surface area is 108 Å². The summed E-state index contributed by atoms with van der Waals surface area (Å²) in [5.41, 5.74) is 1.08. The number of halogens is 1. The predicted molar refractivity (Wildman–Crippen MR) is 68.9 cm³/mol. The van der Waals surface area contributed by atoms with Gasteiger partial charge in [-0.05, 0) is 28.9 Å². The lowest BCUT2D eigenvalue weighted by atomic mass is 10.3. The first kappa shape index (κ1) is 12.2. The van der Waals surface area contributed by atoms with Gasteiger partial charge < -0.3 is 5.32 Å². The van der Waals surface area contributed by atoms with Crippen molar-refractivity contribution in [2.24, 2.45) is 0 Å². The number of hydrogen-bond acceptors (Lipinski definition) is 4. The van der Waals surface area contributed by atoms with Crippen molar-refractivity contribution in [3.05, 3.63) is 34.8 Å². The summed E-state index contributed by atoms with van der Waals surface area (Å²) < 4.78 is 2.54. The van der Waals surface area contributed by atoms with Crippen LogP contribution < -0.4 is 5.32 Å². The van der Waals surface area contributed by atoms with Gasteiger partial charge in [-0.1, -0.05) is 6.92 Å². The monoisotopic (exact) mass is 295 g/mol. The van der Waals surface area contributed by atoms with E-state index in [0.717, 1.165) is 29.5 Å². The van der Waals surface area contributed by atoms with Crippen LogP contribution in [0.15, 0.2) is 29.3 Å².